The number of rotatable bonds is 5. The zero-order valence-electron chi connectivity index (χ0n) is 16.5. The highest BCUT2D eigenvalue weighted by molar-refractivity contribution is 5.99. The summed E-state index contributed by atoms with van der Waals surface area (Å²) in [5.41, 5.74) is 1.65. The Hall–Kier alpha value is -3.55. The lowest BCUT2D eigenvalue weighted by atomic mass is 10.1. The standard InChI is InChI=1S/C21H23N3O5/c1-21(2,3)29-20(27)22-12-19(26)23-14-4-6-15(7-5-14)28-16-8-9-17-13(10-16)11-18(25)24-17/h4-10H,11-12H2,1-3H3,(H,22,27)(H,23,26)(H,24,25). The molecule has 0 aliphatic carbocycles. The molecule has 0 unspecified atom stereocenters. The number of carbonyl (C=O) groups is 3. The zero-order chi connectivity index (χ0) is 21.0. The number of carbonyl (C=O) groups excluding carboxylic acids is 3. The average molecular weight is 397 g/mol. The molecule has 8 heteroatoms. The number of alkyl carbamates (subject to hydrolysis) is 1. The smallest absolute Gasteiger partial charge is 0.408 e. The minimum absolute atomic E-state index is 0.0293. The molecule has 0 atom stereocenters. The summed E-state index contributed by atoms with van der Waals surface area (Å²) in [6.07, 6.45) is -0.308. The number of hydrogen-bond donors (Lipinski definition) is 3. The van der Waals surface area contributed by atoms with Crippen molar-refractivity contribution in [1.82, 2.24) is 5.32 Å². The summed E-state index contributed by atoms with van der Waals surface area (Å²) in [4.78, 5) is 34.9. The number of fused-ring (bicyclic) bond motifs is 1. The molecule has 1 aliphatic rings. The Morgan fingerprint density at radius 2 is 1.76 bits per heavy atom. The van der Waals surface area contributed by atoms with Crippen molar-refractivity contribution >= 4 is 29.3 Å². The van der Waals surface area contributed by atoms with E-state index in [9.17, 15) is 14.4 Å². The Morgan fingerprint density at radius 1 is 1.07 bits per heavy atom. The minimum atomic E-state index is -0.650. The Morgan fingerprint density at radius 3 is 2.45 bits per heavy atom. The van der Waals surface area contributed by atoms with Gasteiger partial charge in [0.15, 0.2) is 0 Å². The van der Waals surface area contributed by atoms with Crippen molar-refractivity contribution in [2.24, 2.45) is 0 Å². The molecule has 29 heavy (non-hydrogen) atoms. The summed E-state index contributed by atoms with van der Waals surface area (Å²) in [6.45, 7) is 5.04. The van der Waals surface area contributed by atoms with Crippen LogP contribution in [0.25, 0.3) is 0 Å². The van der Waals surface area contributed by atoms with Crippen molar-refractivity contribution in [3.63, 3.8) is 0 Å². The van der Waals surface area contributed by atoms with Gasteiger partial charge >= 0.3 is 6.09 Å². The lowest BCUT2D eigenvalue weighted by molar-refractivity contribution is -0.116. The van der Waals surface area contributed by atoms with E-state index in [1.807, 2.05) is 12.1 Å². The highest BCUT2D eigenvalue weighted by Gasteiger charge is 2.18. The van der Waals surface area contributed by atoms with E-state index < -0.39 is 11.7 Å². The van der Waals surface area contributed by atoms with Crippen molar-refractivity contribution in [1.29, 1.82) is 0 Å². The third-order valence-electron chi connectivity index (χ3n) is 3.87. The predicted molar refractivity (Wildman–Crippen MR) is 108 cm³/mol. The zero-order valence-corrected chi connectivity index (χ0v) is 16.5. The summed E-state index contributed by atoms with van der Waals surface area (Å²) in [7, 11) is 0. The fourth-order valence-electron chi connectivity index (χ4n) is 2.68. The van der Waals surface area contributed by atoms with Gasteiger partial charge < -0.3 is 25.4 Å². The molecule has 0 bridgehead atoms. The van der Waals surface area contributed by atoms with E-state index in [2.05, 4.69) is 16.0 Å². The number of amides is 3. The van der Waals surface area contributed by atoms with Crippen molar-refractivity contribution in [3.8, 4) is 11.5 Å². The van der Waals surface area contributed by atoms with E-state index in [1.54, 1.807) is 51.1 Å². The molecule has 0 saturated heterocycles. The first-order chi connectivity index (χ1) is 13.7. The lowest BCUT2D eigenvalue weighted by Crippen LogP contribution is -2.37. The number of nitrogens with one attached hydrogen (secondary N) is 3. The first-order valence-electron chi connectivity index (χ1n) is 9.15. The predicted octanol–water partition coefficient (Wildman–Crippen LogP) is 3.44. The van der Waals surface area contributed by atoms with Gasteiger partial charge in [-0.3, -0.25) is 9.59 Å². The van der Waals surface area contributed by atoms with Gasteiger partial charge in [0, 0.05) is 11.4 Å². The fraction of sp³-hybridized carbons (Fsp3) is 0.286. The third kappa shape index (κ3) is 5.97. The molecule has 0 aromatic heterocycles. The third-order valence-corrected chi connectivity index (χ3v) is 3.87. The van der Waals surface area contributed by atoms with E-state index in [-0.39, 0.29) is 18.4 Å². The molecule has 0 radical (unpaired) electrons. The van der Waals surface area contributed by atoms with Crippen LogP contribution >= 0.6 is 0 Å². The van der Waals surface area contributed by atoms with Gasteiger partial charge in [-0.1, -0.05) is 0 Å². The summed E-state index contributed by atoms with van der Waals surface area (Å²) < 4.78 is 10.9. The minimum Gasteiger partial charge on any atom is -0.457 e. The first kappa shape index (κ1) is 20.2. The molecular formula is C21H23N3O5. The maximum atomic E-state index is 11.9. The maximum absolute atomic E-state index is 11.9. The first-order valence-corrected chi connectivity index (χ1v) is 9.15. The van der Waals surface area contributed by atoms with E-state index in [0.717, 1.165) is 11.3 Å². The molecule has 1 aliphatic heterocycles. The van der Waals surface area contributed by atoms with E-state index in [4.69, 9.17) is 9.47 Å². The summed E-state index contributed by atoms with van der Waals surface area (Å²) in [5.74, 6) is 0.810. The van der Waals surface area contributed by atoms with Gasteiger partial charge in [-0.05, 0) is 68.8 Å². The monoisotopic (exact) mass is 397 g/mol. The molecule has 152 valence electrons. The van der Waals surface area contributed by atoms with Crippen molar-refractivity contribution < 1.29 is 23.9 Å². The van der Waals surface area contributed by atoms with Gasteiger partial charge in [0.1, 0.15) is 23.6 Å². The highest BCUT2D eigenvalue weighted by atomic mass is 16.6. The van der Waals surface area contributed by atoms with Crippen molar-refractivity contribution in [2.75, 3.05) is 17.2 Å². The second kappa shape index (κ2) is 8.22. The molecular weight excluding hydrogens is 374 g/mol. The van der Waals surface area contributed by atoms with Gasteiger partial charge in [-0.2, -0.15) is 0 Å². The summed E-state index contributed by atoms with van der Waals surface area (Å²) >= 11 is 0. The molecule has 0 saturated carbocycles. The molecule has 1 heterocycles. The van der Waals surface area contributed by atoms with Gasteiger partial charge in [0.2, 0.25) is 11.8 Å². The number of ether oxygens (including phenoxy) is 2. The highest BCUT2D eigenvalue weighted by Crippen LogP contribution is 2.30. The number of anilines is 2. The van der Waals surface area contributed by atoms with Gasteiger partial charge in [0.05, 0.1) is 6.42 Å². The van der Waals surface area contributed by atoms with E-state index in [0.29, 0.717) is 23.6 Å². The quantitative estimate of drug-likeness (QED) is 0.717. The summed E-state index contributed by atoms with van der Waals surface area (Å²) in [6, 6.07) is 12.2. The van der Waals surface area contributed by atoms with Gasteiger partial charge in [0.25, 0.3) is 0 Å². The van der Waals surface area contributed by atoms with Crippen LogP contribution in [-0.4, -0.2) is 30.1 Å². The van der Waals surface area contributed by atoms with Gasteiger partial charge in [-0.25, -0.2) is 4.79 Å². The molecule has 0 spiro atoms. The SMILES string of the molecule is CC(C)(C)OC(=O)NCC(=O)Nc1ccc(Oc2ccc3c(c2)CC(=O)N3)cc1. The van der Waals surface area contributed by atoms with Crippen LogP contribution in [-0.2, 0) is 20.7 Å². The molecule has 8 nitrogen and oxygen atoms in total. The van der Waals surface area contributed by atoms with Crippen LogP contribution < -0.4 is 20.7 Å². The second-order valence-electron chi connectivity index (χ2n) is 7.57. The van der Waals surface area contributed by atoms with Crippen molar-refractivity contribution in [2.45, 2.75) is 32.8 Å². The molecule has 2 aromatic carbocycles. The van der Waals surface area contributed by atoms with Crippen LogP contribution in [0, 0.1) is 0 Å². The summed E-state index contributed by atoms with van der Waals surface area (Å²) in [5, 5.41) is 7.85. The number of hydrogen-bond acceptors (Lipinski definition) is 5. The Bertz CT molecular complexity index is 932. The molecule has 2 aromatic rings. The molecule has 3 amide bonds. The van der Waals surface area contributed by atoms with Crippen LogP contribution in [0.4, 0.5) is 16.2 Å². The fourth-order valence-corrected chi connectivity index (χ4v) is 2.68. The normalized spacial score (nSPS) is 12.6. The van der Waals surface area contributed by atoms with Crippen LogP contribution in [0.15, 0.2) is 42.5 Å². The van der Waals surface area contributed by atoms with E-state index in [1.165, 1.54) is 0 Å². The van der Waals surface area contributed by atoms with Crippen LogP contribution in [0.5, 0.6) is 11.5 Å². The van der Waals surface area contributed by atoms with Crippen molar-refractivity contribution in [3.05, 3.63) is 48.0 Å². The maximum Gasteiger partial charge on any atom is 0.408 e. The van der Waals surface area contributed by atoms with Crippen LogP contribution in [0.3, 0.4) is 0 Å². The molecule has 3 rings (SSSR count). The Labute approximate surface area is 168 Å². The molecule has 3 N–H and O–H groups in total. The Kier molecular flexibility index (Phi) is 5.72. The largest absolute Gasteiger partial charge is 0.457 e. The topological polar surface area (TPSA) is 106 Å². The second-order valence-corrected chi connectivity index (χ2v) is 7.57. The average Bonchev–Trinajstić information content (AvgIpc) is 2.99. The Balaban J connectivity index is 1.50. The lowest BCUT2D eigenvalue weighted by Gasteiger charge is -2.19. The molecule has 0 fully saturated rings. The van der Waals surface area contributed by atoms with Crippen LogP contribution in [0.1, 0.15) is 26.3 Å². The van der Waals surface area contributed by atoms with Crippen LogP contribution in [0.2, 0.25) is 0 Å². The number of benzene rings is 2. The van der Waals surface area contributed by atoms with E-state index >= 15 is 0 Å². The van der Waals surface area contributed by atoms with Gasteiger partial charge in [-0.15, -0.1) is 0 Å².